The van der Waals surface area contributed by atoms with Gasteiger partial charge in [0.1, 0.15) is 0 Å². The van der Waals surface area contributed by atoms with Crippen LogP contribution in [0.15, 0.2) is 48.5 Å². The number of carbonyl (C=O) groups is 2. The Morgan fingerprint density at radius 2 is 1.93 bits per heavy atom. The summed E-state index contributed by atoms with van der Waals surface area (Å²) >= 11 is 0. The SMILES string of the molecule is CCCCN(C(=O)C1CC(=O)N(c2ccc3c(c2)OCO3)C1)c1ccccc1. The van der Waals surface area contributed by atoms with E-state index in [1.54, 1.807) is 17.0 Å². The van der Waals surface area contributed by atoms with Crippen LogP contribution in [0.3, 0.4) is 0 Å². The van der Waals surface area contributed by atoms with Crippen LogP contribution in [0, 0.1) is 5.92 Å². The number of fused-ring (bicyclic) bond motifs is 1. The third-order valence-corrected chi connectivity index (χ3v) is 5.21. The van der Waals surface area contributed by atoms with Crippen molar-refractivity contribution in [2.45, 2.75) is 26.2 Å². The Morgan fingerprint density at radius 3 is 2.71 bits per heavy atom. The molecule has 2 aromatic rings. The van der Waals surface area contributed by atoms with Gasteiger partial charge in [0.05, 0.1) is 5.92 Å². The van der Waals surface area contributed by atoms with Crippen molar-refractivity contribution < 1.29 is 19.1 Å². The average molecular weight is 380 g/mol. The van der Waals surface area contributed by atoms with Crippen molar-refractivity contribution in [3.05, 3.63) is 48.5 Å². The van der Waals surface area contributed by atoms with Gasteiger partial charge in [-0.05, 0) is 30.7 Å². The summed E-state index contributed by atoms with van der Waals surface area (Å²) in [4.78, 5) is 29.4. The summed E-state index contributed by atoms with van der Waals surface area (Å²) in [5.74, 6) is 0.929. The minimum absolute atomic E-state index is 0.0104. The summed E-state index contributed by atoms with van der Waals surface area (Å²) in [6, 6.07) is 15.1. The van der Waals surface area contributed by atoms with Gasteiger partial charge in [0.25, 0.3) is 0 Å². The molecule has 0 N–H and O–H groups in total. The van der Waals surface area contributed by atoms with Crippen LogP contribution < -0.4 is 19.3 Å². The lowest BCUT2D eigenvalue weighted by Crippen LogP contribution is -2.38. The van der Waals surface area contributed by atoms with Gasteiger partial charge in [-0.15, -0.1) is 0 Å². The number of rotatable bonds is 6. The zero-order valence-electron chi connectivity index (χ0n) is 16.0. The van der Waals surface area contributed by atoms with Crippen molar-refractivity contribution in [3.8, 4) is 11.5 Å². The molecular formula is C22H24N2O4. The maximum Gasteiger partial charge on any atom is 0.232 e. The summed E-state index contributed by atoms with van der Waals surface area (Å²) in [7, 11) is 0. The highest BCUT2D eigenvalue weighted by molar-refractivity contribution is 6.04. The summed E-state index contributed by atoms with van der Waals surface area (Å²) in [5.41, 5.74) is 1.62. The molecule has 1 saturated heterocycles. The molecular weight excluding hydrogens is 356 g/mol. The molecule has 1 fully saturated rings. The molecule has 0 radical (unpaired) electrons. The number of nitrogens with zero attached hydrogens (tertiary/aromatic N) is 2. The average Bonchev–Trinajstić information content (AvgIpc) is 3.34. The number of hydrogen-bond donors (Lipinski definition) is 0. The van der Waals surface area contributed by atoms with Crippen molar-refractivity contribution in [2.24, 2.45) is 5.92 Å². The quantitative estimate of drug-likeness (QED) is 0.768. The first-order chi connectivity index (χ1) is 13.7. The van der Waals surface area contributed by atoms with Crippen LogP contribution in [0.2, 0.25) is 0 Å². The summed E-state index contributed by atoms with van der Waals surface area (Å²) in [6.07, 6.45) is 2.15. The fraction of sp³-hybridized carbons (Fsp3) is 0.364. The largest absolute Gasteiger partial charge is 0.454 e. The molecule has 6 nitrogen and oxygen atoms in total. The van der Waals surface area contributed by atoms with Crippen LogP contribution in [0.1, 0.15) is 26.2 Å². The third kappa shape index (κ3) is 3.54. The van der Waals surface area contributed by atoms with E-state index in [2.05, 4.69) is 6.92 Å². The number of para-hydroxylation sites is 1. The number of benzene rings is 2. The Bertz CT molecular complexity index is 868. The van der Waals surface area contributed by atoms with Crippen molar-refractivity contribution in [2.75, 3.05) is 29.7 Å². The number of hydrogen-bond acceptors (Lipinski definition) is 4. The van der Waals surface area contributed by atoms with Gasteiger partial charge in [-0.1, -0.05) is 31.5 Å². The Hall–Kier alpha value is -3.02. The lowest BCUT2D eigenvalue weighted by Gasteiger charge is -2.26. The minimum Gasteiger partial charge on any atom is -0.454 e. The van der Waals surface area contributed by atoms with Gasteiger partial charge in [0.2, 0.25) is 18.6 Å². The molecule has 1 unspecified atom stereocenters. The molecule has 0 saturated carbocycles. The Kier molecular flexibility index (Phi) is 5.19. The number of ether oxygens (including phenoxy) is 2. The number of anilines is 2. The maximum atomic E-state index is 13.3. The van der Waals surface area contributed by atoms with Gasteiger partial charge in [-0.3, -0.25) is 9.59 Å². The van der Waals surface area contributed by atoms with E-state index in [0.29, 0.717) is 24.6 Å². The van der Waals surface area contributed by atoms with E-state index in [4.69, 9.17) is 9.47 Å². The highest BCUT2D eigenvalue weighted by Gasteiger charge is 2.38. The van der Waals surface area contributed by atoms with Crippen LogP contribution in [-0.4, -0.2) is 31.7 Å². The molecule has 6 heteroatoms. The Labute approximate surface area is 164 Å². The molecule has 2 aliphatic rings. The molecule has 4 rings (SSSR count). The normalized spacial score (nSPS) is 17.8. The molecule has 2 amide bonds. The smallest absolute Gasteiger partial charge is 0.232 e. The van der Waals surface area contributed by atoms with Crippen LogP contribution in [0.25, 0.3) is 0 Å². The molecule has 0 aromatic heterocycles. The van der Waals surface area contributed by atoms with Crippen LogP contribution in [-0.2, 0) is 9.59 Å². The summed E-state index contributed by atoms with van der Waals surface area (Å²) < 4.78 is 10.7. The number of amides is 2. The van der Waals surface area contributed by atoms with Crippen molar-refractivity contribution in [3.63, 3.8) is 0 Å². The molecule has 2 aromatic carbocycles. The second-order valence-corrected chi connectivity index (χ2v) is 7.12. The molecule has 0 bridgehead atoms. The number of unbranched alkanes of at least 4 members (excludes halogenated alkanes) is 1. The van der Waals surface area contributed by atoms with E-state index < -0.39 is 0 Å². The number of carbonyl (C=O) groups excluding carboxylic acids is 2. The van der Waals surface area contributed by atoms with Crippen molar-refractivity contribution >= 4 is 23.2 Å². The summed E-state index contributed by atoms with van der Waals surface area (Å²) in [6.45, 7) is 3.34. The van der Waals surface area contributed by atoms with E-state index in [0.717, 1.165) is 24.2 Å². The fourth-order valence-corrected chi connectivity index (χ4v) is 3.69. The van der Waals surface area contributed by atoms with Gasteiger partial charge in [-0.25, -0.2) is 0 Å². The topological polar surface area (TPSA) is 59.1 Å². The van der Waals surface area contributed by atoms with Gasteiger partial charge < -0.3 is 19.3 Å². The molecule has 0 spiro atoms. The second kappa shape index (κ2) is 7.92. The maximum absolute atomic E-state index is 13.3. The molecule has 2 aliphatic heterocycles. The first kappa shape index (κ1) is 18.3. The lowest BCUT2D eigenvalue weighted by atomic mass is 10.1. The predicted molar refractivity (Wildman–Crippen MR) is 107 cm³/mol. The molecule has 146 valence electrons. The van der Waals surface area contributed by atoms with E-state index in [9.17, 15) is 9.59 Å². The van der Waals surface area contributed by atoms with Crippen LogP contribution in [0.4, 0.5) is 11.4 Å². The van der Waals surface area contributed by atoms with E-state index in [-0.39, 0.29) is 30.9 Å². The van der Waals surface area contributed by atoms with Gasteiger partial charge >= 0.3 is 0 Å². The third-order valence-electron chi connectivity index (χ3n) is 5.21. The minimum atomic E-state index is -0.352. The Morgan fingerprint density at radius 1 is 1.14 bits per heavy atom. The first-order valence-electron chi connectivity index (χ1n) is 9.74. The van der Waals surface area contributed by atoms with Gasteiger partial charge in [0, 0.05) is 37.0 Å². The van der Waals surface area contributed by atoms with Crippen molar-refractivity contribution in [1.82, 2.24) is 0 Å². The van der Waals surface area contributed by atoms with E-state index >= 15 is 0 Å². The highest BCUT2D eigenvalue weighted by atomic mass is 16.7. The zero-order chi connectivity index (χ0) is 19.5. The second-order valence-electron chi connectivity index (χ2n) is 7.12. The zero-order valence-corrected chi connectivity index (χ0v) is 16.0. The molecule has 28 heavy (non-hydrogen) atoms. The van der Waals surface area contributed by atoms with Gasteiger partial charge in [0.15, 0.2) is 11.5 Å². The molecule has 1 atom stereocenters. The van der Waals surface area contributed by atoms with E-state index in [1.807, 2.05) is 41.3 Å². The predicted octanol–water partition coefficient (Wildman–Crippen LogP) is 3.60. The van der Waals surface area contributed by atoms with Crippen molar-refractivity contribution in [1.29, 1.82) is 0 Å². The molecule has 0 aliphatic carbocycles. The highest BCUT2D eigenvalue weighted by Crippen LogP contribution is 2.37. The van der Waals surface area contributed by atoms with Crippen LogP contribution >= 0.6 is 0 Å². The lowest BCUT2D eigenvalue weighted by molar-refractivity contribution is -0.124. The first-order valence-corrected chi connectivity index (χ1v) is 9.74. The fourth-order valence-electron chi connectivity index (χ4n) is 3.69. The van der Waals surface area contributed by atoms with Gasteiger partial charge in [-0.2, -0.15) is 0 Å². The standard InChI is InChI=1S/C22H24N2O4/c1-2-3-11-23(17-7-5-4-6-8-17)22(26)16-12-21(25)24(14-16)18-9-10-19-20(13-18)28-15-27-19/h4-10,13,16H,2-3,11-12,14-15H2,1H3. The Balaban J connectivity index is 1.52. The summed E-state index contributed by atoms with van der Waals surface area (Å²) in [5, 5.41) is 0. The monoisotopic (exact) mass is 380 g/mol. The molecule has 2 heterocycles. The van der Waals surface area contributed by atoms with Crippen LogP contribution in [0.5, 0.6) is 11.5 Å². The van der Waals surface area contributed by atoms with E-state index in [1.165, 1.54) is 0 Å².